The molecule has 0 amide bonds. The Bertz CT molecular complexity index is 726. The quantitative estimate of drug-likeness (QED) is 0.490. The van der Waals surface area contributed by atoms with Crippen LogP contribution in [0.25, 0.3) is 0 Å². The SMILES string of the molecule is CCc1ccc(NC(=S)NNC(=S)Nc2ccc(C)c(C)c2)cc1. The summed E-state index contributed by atoms with van der Waals surface area (Å²) in [5.41, 5.74) is 11.4. The van der Waals surface area contributed by atoms with Gasteiger partial charge >= 0.3 is 0 Å². The summed E-state index contributed by atoms with van der Waals surface area (Å²) in [5, 5.41) is 7.11. The van der Waals surface area contributed by atoms with Crippen molar-refractivity contribution in [1.29, 1.82) is 0 Å². The van der Waals surface area contributed by atoms with E-state index >= 15 is 0 Å². The van der Waals surface area contributed by atoms with Gasteiger partial charge in [0, 0.05) is 11.4 Å². The molecular weight excluding hydrogens is 336 g/mol. The van der Waals surface area contributed by atoms with E-state index in [-0.39, 0.29) is 0 Å². The van der Waals surface area contributed by atoms with Gasteiger partial charge in [-0.15, -0.1) is 0 Å². The molecule has 0 heterocycles. The first-order chi connectivity index (χ1) is 11.5. The van der Waals surface area contributed by atoms with E-state index in [2.05, 4.69) is 66.5 Å². The summed E-state index contributed by atoms with van der Waals surface area (Å²) in [6.45, 7) is 6.27. The Labute approximate surface area is 154 Å². The molecule has 0 saturated carbocycles. The number of thiocarbonyl (C=S) groups is 2. The van der Waals surface area contributed by atoms with E-state index in [1.807, 2.05) is 18.2 Å². The Morgan fingerprint density at radius 1 is 0.792 bits per heavy atom. The van der Waals surface area contributed by atoms with Crippen LogP contribution in [0.1, 0.15) is 23.6 Å². The molecule has 0 aliphatic rings. The standard InChI is InChI=1S/C18H22N4S2/c1-4-14-6-9-15(10-7-14)19-17(23)21-22-18(24)20-16-8-5-12(2)13(3)11-16/h5-11H,4H2,1-3H3,(H2,19,21,23)(H2,20,22,24). The Morgan fingerprint density at radius 3 is 1.88 bits per heavy atom. The second-order valence-electron chi connectivity index (χ2n) is 5.51. The van der Waals surface area contributed by atoms with Gasteiger partial charge in [0.15, 0.2) is 10.2 Å². The number of benzene rings is 2. The topological polar surface area (TPSA) is 48.1 Å². The lowest BCUT2D eigenvalue weighted by Gasteiger charge is -2.15. The predicted octanol–water partition coefficient (Wildman–Crippen LogP) is 4.05. The molecule has 0 spiro atoms. The van der Waals surface area contributed by atoms with Gasteiger partial charge in [0.25, 0.3) is 0 Å². The van der Waals surface area contributed by atoms with E-state index in [9.17, 15) is 0 Å². The predicted molar refractivity (Wildman–Crippen MR) is 110 cm³/mol. The zero-order valence-corrected chi connectivity index (χ0v) is 15.7. The van der Waals surface area contributed by atoms with E-state index in [0.717, 1.165) is 17.8 Å². The lowest BCUT2D eigenvalue weighted by Crippen LogP contribution is -2.45. The minimum Gasteiger partial charge on any atom is -0.331 e. The van der Waals surface area contributed by atoms with Crippen LogP contribution in [0.5, 0.6) is 0 Å². The zero-order chi connectivity index (χ0) is 17.5. The fraction of sp³-hybridized carbons (Fsp3) is 0.222. The number of aryl methyl sites for hydroxylation is 3. The van der Waals surface area contributed by atoms with Crippen molar-refractivity contribution in [3.05, 3.63) is 59.2 Å². The summed E-state index contributed by atoms with van der Waals surface area (Å²) >= 11 is 10.5. The summed E-state index contributed by atoms with van der Waals surface area (Å²) in [5.74, 6) is 0. The second-order valence-corrected chi connectivity index (χ2v) is 6.32. The van der Waals surface area contributed by atoms with Crippen molar-refractivity contribution in [2.45, 2.75) is 27.2 Å². The third-order valence-corrected chi connectivity index (χ3v) is 4.08. The molecule has 0 radical (unpaired) electrons. The number of nitrogens with one attached hydrogen (secondary N) is 4. The van der Waals surface area contributed by atoms with Crippen molar-refractivity contribution in [1.82, 2.24) is 10.9 Å². The summed E-state index contributed by atoms with van der Waals surface area (Å²) in [6, 6.07) is 14.2. The van der Waals surface area contributed by atoms with Gasteiger partial charge in [0.1, 0.15) is 0 Å². The van der Waals surface area contributed by atoms with E-state index in [1.54, 1.807) is 0 Å². The highest BCUT2D eigenvalue weighted by molar-refractivity contribution is 7.81. The molecule has 0 aromatic heterocycles. The Balaban J connectivity index is 1.79. The maximum absolute atomic E-state index is 5.26. The third-order valence-electron chi connectivity index (χ3n) is 3.67. The smallest absolute Gasteiger partial charge is 0.189 e. The Morgan fingerprint density at radius 2 is 1.33 bits per heavy atom. The number of hydrazine groups is 1. The summed E-state index contributed by atoms with van der Waals surface area (Å²) in [7, 11) is 0. The molecule has 2 aromatic rings. The van der Waals surface area contributed by atoms with Crippen LogP contribution in [0.2, 0.25) is 0 Å². The van der Waals surface area contributed by atoms with Gasteiger partial charge in [-0.3, -0.25) is 10.9 Å². The summed E-state index contributed by atoms with van der Waals surface area (Å²) in [6.07, 6.45) is 1.02. The molecule has 126 valence electrons. The number of rotatable bonds is 3. The van der Waals surface area contributed by atoms with Gasteiger partial charge in [-0.05, 0) is 85.7 Å². The number of anilines is 2. The lowest BCUT2D eigenvalue weighted by molar-refractivity contribution is 0.885. The van der Waals surface area contributed by atoms with Crippen molar-refractivity contribution in [3.63, 3.8) is 0 Å². The maximum Gasteiger partial charge on any atom is 0.189 e. The normalized spacial score (nSPS) is 9.96. The first kappa shape index (κ1) is 18.2. The molecule has 0 unspecified atom stereocenters. The van der Waals surface area contributed by atoms with Crippen molar-refractivity contribution >= 4 is 46.0 Å². The van der Waals surface area contributed by atoms with E-state index < -0.39 is 0 Å². The van der Waals surface area contributed by atoms with Gasteiger partial charge in [0.05, 0.1) is 0 Å². The monoisotopic (exact) mass is 358 g/mol. The van der Waals surface area contributed by atoms with Crippen LogP contribution in [-0.2, 0) is 6.42 Å². The lowest BCUT2D eigenvalue weighted by atomic mass is 10.1. The average molecular weight is 359 g/mol. The van der Waals surface area contributed by atoms with E-state index in [1.165, 1.54) is 16.7 Å². The maximum atomic E-state index is 5.26. The molecule has 6 heteroatoms. The average Bonchev–Trinajstić information content (AvgIpc) is 2.57. The molecule has 0 bridgehead atoms. The first-order valence-electron chi connectivity index (χ1n) is 7.78. The largest absolute Gasteiger partial charge is 0.331 e. The van der Waals surface area contributed by atoms with Crippen molar-refractivity contribution in [2.24, 2.45) is 0 Å². The molecule has 0 saturated heterocycles. The Hall–Kier alpha value is -2.18. The van der Waals surface area contributed by atoms with E-state index in [0.29, 0.717) is 10.2 Å². The first-order valence-corrected chi connectivity index (χ1v) is 8.59. The second kappa shape index (κ2) is 8.61. The summed E-state index contributed by atoms with van der Waals surface area (Å²) < 4.78 is 0. The molecular formula is C18H22N4S2. The third kappa shape index (κ3) is 5.47. The number of hydrogen-bond donors (Lipinski definition) is 4. The van der Waals surface area contributed by atoms with Crippen LogP contribution < -0.4 is 21.5 Å². The van der Waals surface area contributed by atoms with Gasteiger partial charge in [-0.2, -0.15) is 0 Å². The highest BCUT2D eigenvalue weighted by atomic mass is 32.1. The minimum atomic E-state index is 0.448. The van der Waals surface area contributed by atoms with Crippen LogP contribution in [0.3, 0.4) is 0 Å². The Kier molecular flexibility index (Phi) is 6.52. The van der Waals surface area contributed by atoms with Crippen LogP contribution in [-0.4, -0.2) is 10.2 Å². The molecule has 0 atom stereocenters. The van der Waals surface area contributed by atoms with Gasteiger partial charge < -0.3 is 10.6 Å². The van der Waals surface area contributed by atoms with Crippen molar-refractivity contribution in [3.8, 4) is 0 Å². The fourth-order valence-corrected chi connectivity index (χ4v) is 2.42. The van der Waals surface area contributed by atoms with E-state index in [4.69, 9.17) is 24.4 Å². The van der Waals surface area contributed by atoms with Gasteiger partial charge in [0.2, 0.25) is 0 Å². The molecule has 2 rings (SSSR count). The highest BCUT2D eigenvalue weighted by Crippen LogP contribution is 2.14. The molecule has 0 aliphatic heterocycles. The number of hydrogen-bond acceptors (Lipinski definition) is 2. The molecule has 2 aromatic carbocycles. The fourth-order valence-electron chi connectivity index (χ4n) is 2.08. The molecule has 0 aliphatic carbocycles. The van der Waals surface area contributed by atoms with Crippen molar-refractivity contribution < 1.29 is 0 Å². The van der Waals surface area contributed by atoms with Crippen molar-refractivity contribution in [2.75, 3.05) is 10.6 Å². The molecule has 4 N–H and O–H groups in total. The van der Waals surface area contributed by atoms with Crippen LogP contribution in [0.4, 0.5) is 11.4 Å². The zero-order valence-electron chi connectivity index (χ0n) is 14.1. The van der Waals surface area contributed by atoms with Crippen LogP contribution >= 0.6 is 24.4 Å². The van der Waals surface area contributed by atoms with Gasteiger partial charge in [-0.1, -0.05) is 25.1 Å². The highest BCUT2D eigenvalue weighted by Gasteiger charge is 2.01. The molecule has 4 nitrogen and oxygen atoms in total. The summed E-state index contributed by atoms with van der Waals surface area (Å²) in [4.78, 5) is 0. The van der Waals surface area contributed by atoms with Crippen LogP contribution in [0, 0.1) is 13.8 Å². The van der Waals surface area contributed by atoms with Crippen LogP contribution in [0.15, 0.2) is 42.5 Å². The van der Waals surface area contributed by atoms with Gasteiger partial charge in [-0.25, -0.2) is 0 Å². The minimum absolute atomic E-state index is 0.448. The molecule has 24 heavy (non-hydrogen) atoms. The molecule has 0 fully saturated rings.